The van der Waals surface area contributed by atoms with Crippen LogP contribution < -0.4 is 0 Å². The summed E-state index contributed by atoms with van der Waals surface area (Å²) in [6, 6.07) is 13.5. The molecule has 0 unspecified atom stereocenters. The number of nitrogens with zero attached hydrogens (tertiary/aromatic N) is 4. The molecular formula is C18H21N5O. The smallest absolute Gasteiger partial charge is 0.247 e. The molecule has 0 spiro atoms. The van der Waals surface area contributed by atoms with Gasteiger partial charge in [0.2, 0.25) is 5.91 Å². The van der Waals surface area contributed by atoms with Crippen LogP contribution in [0, 0.1) is 0 Å². The fourth-order valence-electron chi connectivity index (χ4n) is 2.73. The number of aromatic amines is 1. The number of aromatic nitrogens is 4. The Hall–Kier alpha value is -2.89. The first-order valence-electron chi connectivity index (χ1n) is 8.03. The van der Waals surface area contributed by atoms with Crippen LogP contribution in [-0.2, 0) is 11.3 Å². The number of hydrogen-bond donors (Lipinski definition) is 1. The number of amides is 1. The van der Waals surface area contributed by atoms with Crippen LogP contribution in [0.1, 0.15) is 25.1 Å². The zero-order chi connectivity index (χ0) is 16.9. The fourth-order valence-corrected chi connectivity index (χ4v) is 2.73. The van der Waals surface area contributed by atoms with Crippen LogP contribution in [0.4, 0.5) is 0 Å². The summed E-state index contributed by atoms with van der Waals surface area (Å²) in [7, 11) is 1.80. The van der Waals surface area contributed by atoms with Crippen molar-refractivity contribution in [2.75, 3.05) is 7.05 Å². The van der Waals surface area contributed by atoms with Crippen molar-refractivity contribution >= 4 is 5.91 Å². The van der Waals surface area contributed by atoms with E-state index in [1.54, 1.807) is 22.8 Å². The van der Waals surface area contributed by atoms with Crippen molar-refractivity contribution < 1.29 is 4.79 Å². The van der Waals surface area contributed by atoms with Crippen molar-refractivity contribution in [3.05, 3.63) is 60.6 Å². The van der Waals surface area contributed by atoms with Crippen LogP contribution in [0.3, 0.4) is 0 Å². The number of rotatable bonds is 6. The molecule has 2 heterocycles. The molecule has 1 amide bonds. The van der Waals surface area contributed by atoms with E-state index in [0.717, 1.165) is 17.0 Å². The second-order valence-electron chi connectivity index (χ2n) is 5.75. The summed E-state index contributed by atoms with van der Waals surface area (Å²) in [4.78, 5) is 14.4. The van der Waals surface area contributed by atoms with Crippen molar-refractivity contribution in [2.45, 2.75) is 25.9 Å². The maximum Gasteiger partial charge on any atom is 0.247 e. The molecule has 3 aromatic rings. The molecule has 3 rings (SSSR count). The molecule has 0 aliphatic rings. The topological polar surface area (TPSA) is 66.8 Å². The lowest BCUT2D eigenvalue weighted by Gasteiger charge is -2.22. The van der Waals surface area contributed by atoms with E-state index in [4.69, 9.17) is 0 Å². The summed E-state index contributed by atoms with van der Waals surface area (Å²) in [6.45, 7) is 2.47. The van der Waals surface area contributed by atoms with Gasteiger partial charge in [-0.15, -0.1) is 0 Å². The molecule has 0 aliphatic carbocycles. The van der Waals surface area contributed by atoms with E-state index in [1.165, 1.54) is 0 Å². The maximum absolute atomic E-state index is 12.7. The highest BCUT2D eigenvalue weighted by atomic mass is 16.2. The summed E-state index contributed by atoms with van der Waals surface area (Å²) in [6.07, 6.45) is 4.21. The summed E-state index contributed by atoms with van der Waals surface area (Å²) >= 11 is 0. The highest BCUT2D eigenvalue weighted by Gasteiger charge is 2.22. The third-order valence-corrected chi connectivity index (χ3v) is 4.00. The SMILES string of the molecule is CC[C@@H](C(=O)N(C)Cc1cc(-c2ccccc2)n[nH]1)n1cccn1. The minimum absolute atomic E-state index is 0.0389. The minimum Gasteiger partial charge on any atom is -0.338 e. The van der Waals surface area contributed by atoms with E-state index >= 15 is 0 Å². The van der Waals surface area contributed by atoms with Gasteiger partial charge in [0.25, 0.3) is 0 Å². The molecule has 24 heavy (non-hydrogen) atoms. The molecule has 0 fully saturated rings. The second-order valence-corrected chi connectivity index (χ2v) is 5.75. The van der Waals surface area contributed by atoms with Crippen LogP contribution in [0.25, 0.3) is 11.3 Å². The molecule has 0 aliphatic heterocycles. The number of benzene rings is 1. The molecule has 0 saturated carbocycles. The van der Waals surface area contributed by atoms with Crippen LogP contribution in [0.5, 0.6) is 0 Å². The van der Waals surface area contributed by atoms with E-state index in [-0.39, 0.29) is 11.9 Å². The minimum atomic E-state index is -0.276. The molecule has 0 radical (unpaired) electrons. The zero-order valence-electron chi connectivity index (χ0n) is 13.9. The Balaban J connectivity index is 1.69. The van der Waals surface area contributed by atoms with Crippen LogP contribution in [0.15, 0.2) is 54.9 Å². The van der Waals surface area contributed by atoms with Crippen molar-refractivity contribution in [3.8, 4) is 11.3 Å². The van der Waals surface area contributed by atoms with Crippen molar-refractivity contribution in [1.82, 2.24) is 24.9 Å². The number of nitrogens with one attached hydrogen (secondary N) is 1. The van der Waals surface area contributed by atoms with Gasteiger partial charge in [-0.25, -0.2) is 0 Å². The van der Waals surface area contributed by atoms with Gasteiger partial charge in [-0.05, 0) is 18.6 Å². The van der Waals surface area contributed by atoms with Crippen LogP contribution in [-0.4, -0.2) is 37.8 Å². The van der Waals surface area contributed by atoms with Gasteiger partial charge in [-0.2, -0.15) is 10.2 Å². The molecule has 1 atom stereocenters. The van der Waals surface area contributed by atoms with Gasteiger partial charge in [-0.1, -0.05) is 37.3 Å². The quantitative estimate of drug-likeness (QED) is 0.758. The standard InChI is InChI=1S/C18H21N5O/c1-3-17(23-11-7-10-19-23)18(24)22(2)13-15-12-16(21-20-15)14-8-5-4-6-9-14/h4-12,17H,3,13H2,1-2H3,(H,20,21)/t17-/m0/s1. The van der Waals surface area contributed by atoms with Gasteiger partial charge < -0.3 is 4.90 Å². The van der Waals surface area contributed by atoms with E-state index in [2.05, 4.69) is 15.3 Å². The van der Waals surface area contributed by atoms with Gasteiger partial charge in [0.05, 0.1) is 17.9 Å². The van der Waals surface area contributed by atoms with Crippen LogP contribution >= 0.6 is 0 Å². The zero-order valence-corrected chi connectivity index (χ0v) is 13.9. The molecule has 6 heteroatoms. The Morgan fingerprint density at radius 1 is 1.29 bits per heavy atom. The number of carbonyl (C=O) groups is 1. The highest BCUT2D eigenvalue weighted by molar-refractivity contribution is 5.80. The Bertz CT molecular complexity index is 779. The molecule has 124 valence electrons. The molecule has 6 nitrogen and oxygen atoms in total. The Kier molecular flexibility index (Phi) is 4.74. The van der Waals surface area contributed by atoms with Gasteiger partial charge in [0, 0.05) is 25.0 Å². The first-order valence-corrected chi connectivity index (χ1v) is 8.03. The Morgan fingerprint density at radius 2 is 2.08 bits per heavy atom. The Morgan fingerprint density at radius 3 is 2.75 bits per heavy atom. The predicted octanol–water partition coefficient (Wildman–Crippen LogP) is 2.88. The van der Waals surface area contributed by atoms with E-state index in [0.29, 0.717) is 13.0 Å². The molecular weight excluding hydrogens is 302 g/mol. The average molecular weight is 323 g/mol. The lowest BCUT2D eigenvalue weighted by Crippen LogP contribution is -2.34. The largest absolute Gasteiger partial charge is 0.338 e. The van der Waals surface area contributed by atoms with E-state index in [1.807, 2.05) is 55.6 Å². The predicted molar refractivity (Wildman–Crippen MR) is 92.1 cm³/mol. The van der Waals surface area contributed by atoms with Crippen molar-refractivity contribution in [3.63, 3.8) is 0 Å². The highest BCUT2D eigenvalue weighted by Crippen LogP contribution is 2.19. The lowest BCUT2D eigenvalue weighted by molar-refractivity contribution is -0.134. The van der Waals surface area contributed by atoms with E-state index in [9.17, 15) is 4.79 Å². The number of H-pyrrole nitrogens is 1. The summed E-state index contributed by atoms with van der Waals surface area (Å²) < 4.78 is 1.71. The van der Waals surface area contributed by atoms with Crippen molar-refractivity contribution in [2.24, 2.45) is 0 Å². The van der Waals surface area contributed by atoms with E-state index < -0.39 is 0 Å². The monoisotopic (exact) mass is 323 g/mol. The second kappa shape index (κ2) is 7.12. The normalized spacial score (nSPS) is 12.1. The molecule has 0 bridgehead atoms. The number of likely N-dealkylation sites (N-methyl/N-ethyl adjacent to an activating group) is 1. The summed E-state index contributed by atoms with van der Waals surface area (Å²) in [5.41, 5.74) is 2.84. The molecule has 1 aromatic carbocycles. The first kappa shape index (κ1) is 16.0. The molecule has 1 N–H and O–H groups in total. The van der Waals surface area contributed by atoms with Crippen LogP contribution in [0.2, 0.25) is 0 Å². The molecule has 2 aromatic heterocycles. The number of carbonyl (C=O) groups excluding carboxylic acids is 1. The number of hydrogen-bond acceptors (Lipinski definition) is 3. The average Bonchev–Trinajstić information content (AvgIpc) is 3.28. The van der Waals surface area contributed by atoms with Gasteiger partial charge in [-0.3, -0.25) is 14.6 Å². The van der Waals surface area contributed by atoms with Gasteiger partial charge in [0.1, 0.15) is 6.04 Å². The Labute approximate surface area is 141 Å². The van der Waals surface area contributed by atoms with Gasteiger partial charge >= 0.3 is 0 Å². The third kappa shape index (κ3) is 3.37. The maximum atomic E-state index is 12.7. The fraction of sp³-hybridized carbons (Fsp3) is 0.278. The third-order valence-electron chi connectivity index (χ3n) is 4.00. The first-order chi connectivity index (χ1) is 11.7. The van der Waals surface area contributed by atoms with Crippen molar-refractivity contribution in [1.29, 1.82) is 0 Å². The van der Waals surface area contributed by atoms with Gasteiger partial charge in [0.15, 0.2) is 0 Å². The summed E-state index contributed by atoms with van der Waals surface area (Å²) in [5.74, 6) is 0.0389. The lowest BCUT2D eigenvalue weighted by atomic mass is 10.1. The molecule has 0 saturated heterocycles. The summed E-state index contributed by atoms with van der Waals surface area (Å²) in [5, 5.41) is 11.5.